The number of unbranched alkanes of at least 4 members (excludes halogenated alkanes) is 12. The third-order valence-corrected chi connectivity index (χ3v) is 5.43. The number of ether oxygens (including phenoxy) is 4. The fourth-order valence-corrected chi connectivity index (χ4v) is 3.48. The summed E-state index contributed by atoms with van der Waals surface area (Å²) in [4.78, 5) is 11.8. The van der Waals surface area contributed by atoms with Gasteiger partial charge in [0, 0.05) is 13.0 Å². The second kappa shape index (κ2) is 29.3. The van der Waals surface area contributed by atoms with Crippen LogP contribution in [0.25, 0.3) is 0 Å². The summed E-state index contributed by atoms with van der Waals surface area (Å²) >= 11 is 0. The number of aliphatic hydroxyl groups is 1. The van der Waals surface area contributed by atoms with Gasteiger partial charge in [0.15, 0.2) is 0 Å². The van der Waals surface area contributed by atoms with Gasteiger partial charge in [-0.05, 0) is 6.42 Å². The van der Waals surface area contributed by atoms with Crippen molar-refractivity contribution in [1.82, 2.24) is 5.32 Å². The van der Waals surface area contributed by atoms with Crippen LogP contribution in [0.4, 0.5) is 0 Å². The Morgan fingerprint density at radius 1 is 0.576 bits per heavy atom. The minimum absolute atomic E-state index is 0.0340. The highest BCUT2D eigenvalue weighted by Gasteiger charge is 2.01. The van der Waals surface area contributed by atoms with Gasteiger partial charge in [0.05, 0.1) is 59.5 Å². The Kier molecular flexibility index (Phi) is 28.7. The zero-order valence-corrected chi connectivity index (χ0v) is 21.5. The molecule has 0 fully saturated rings. The molecular formula is C26H53NO6. The maximum absolute atomic E-state index is 11.8. The van der Waals surface area contributed by atoms with E-state index in [9.17, 15) is 4.79 Å². The zero-order chi connectivity index (χ0) is 24.1. The number of amides is 1. The van der Waals surface area contributed by atoms with Gasteiger partial charge in [0.2, 0.25) is 5.91 Å². The van der Waals surface area contributed by atoms with Crippen LogP contribution in [0.15, 0.2) is 0 Å². The lowest BCUT2D eigenvalue weighted by Crippen LogP contribution is -2.27. The van der Waals surface area contributed by atoms with Crippen molar-refractivity contribution >= 4 is 5.91 Å². The first-order valence-corrected chi connectivity index (χ1v) is 13.5. The largest absolute Gasteiger partial charge is 0.394 e. The molecule has 0 rings (SSSR count). The molecule has 0 aromatic carbocycles. The van der Waals surface area contributed by atoms with Gasteiger partial charge >= 0.3 is 0 Å². The molecule has 1 amide bonds. The molecule has 198 valence electrons. The Morgan fingerprint density at radius 2 is 0.970 bits per heavy atom. The summed E-state index contributed by atoms with van der Waals surface area (Å²) in [6, 6.07) is 0. The van der Waals surface area contributed by atoms with Crippen molar-refractivity contribution in [2.45, 2.75) is 96.8 Å². The predicted molar refractivity (Wildman–Crippen MR) is 134 cm³/mol. The number of carbonyl (C=O) groups excluding carboxylic acids is 1. The van der Waals surface area contributed by atoms with Gasteiger partial charge in [-0.25, -0.2) is 0 Å². The average Bonchev–Trinajstić information content (AvgIpc) is 2.82. The van der Waals surface area contributed by atoms with Gasteiger partial charge < -0.3 is 29.4 Å². The summed E-state index contributed by atoms with van der Waals surface area (Å²) in [5.74, 6) is 0.123. The molecule has 0 radical (unpaired) electrons. The highest BCUT2D eigenvalue weighted by molar-refractivity contribution is 5.75. The third kappa shape index (κ3) is 29.2. The van der Waals surface area contributed by atoms with Crippen molar-refractivity contribution in [2.75, 3.05) is 66.0 Å². The van der Waals surface area contributed by atoms with Crippen molar-refractivity contribution in [2.24, 2.45) is 0 Å². The number of aliphatic hydroxyl groups excluding tert-OH is 1. The molecule has 0 spiro atoms. The second-order valence-corrected chi connectivity index (χ2v) is 8.52. The molecule has 7 heteroatoms. The van der Waals surface area contributed by atoms with Crippen LogP contribution in [0.5, 0.6) is 0 Å². The zero-order valence-electron chi connectivity index (χ0n) is 21.5. The van der Waals surface area contributed by atoms with Crippen LogP contribution in [0.2, 0.25) is 0 Å². The van der Waals surface area contributed by atoms with E-state index in [4.69, 9.17) is 24.1 Å². The molecule has 0 unspecified atom stereocenters. The van der Waals surface area contributed by atoms with Crippen molar-refractivity contribution in [3.63, 3.8) is 0 Å². The highest BCUT2D eigenvalue weighted by atomic mass is 16.6. The molecule has 2 N–H and O–H groups in total. The number of hydrogen-bond donors (Lipinski definition) is 2. The second-order valence-electron chi connectivity index (χ2n) is 8.52. The van der Waals surface area contributed by atoms with Gasteiger partial charge in [-0.2, -0.15) is 0 Å². The lowest BCUT2D eigenvalue weighted by atomic mass is 10.0. The minimum Gasteiger partial charge on any atom is -0.394 e. The molecule has 0 aliphatic rings. The Morgan fingerprint density at radius 3 is 1.42 bits per heavy atom. The first-order chi connectivity index (χ1) is 16.3. The van der Waals surface area contributed by atoms with E-state index in [0.717, 1.165) is 12.8 Å². The van der Waals surface area contributed by atoms with Crippen molar-refractivity contribution in [3.8, 4) is 0 Å². The summed E-state index contributed by atoms with van der Waals surface area (Å²) in [5.41, 5.74) is 0. The SMILES string of the molecule is CCCCCCCCCCCCCCCC(=O)NCCOCCOCCOCCOCCO. The molecule has 0 aliphatic heterocycles. The molecule has 0 saturated heterocycles. The molecule has 0 aliphatic carbocycles. The van der Waals surface area contributed by atoms with Gasteiger partial charge in [-0.3, -0.25) is 4.79 Å². The molecule has 0 aromatic rings. The average molecular weight is 476 g/mol. The van der Waals surface area contributed by atoms with Crippen LogP contribution in [-0.2, 0) is 23.7 Å². The lowest BCUT2D eigenvalue weighted by molar-refractivity contribution is -0.121. The van der Waals surface area contributed by atoms with Crippen LogP contribution >= 0.6 is 0 Å². The number of hydrogen-bond acceptors (Lipinski definition) is 6. The molecule has 0 saturated carbocycles. The number of nitrogens with one attached hydrogen (secondary N) is 1. The number of rotatable bonds is 28. The van der Waals surface area contributed by atoms with Gasteiger partial charge in [-0.15, -0.1) is 0 Å². The van der Waals surface area contributed by atoms with Crippen molar-refractivity contribution in [3.05, 3.63) is 0 Å². The topological polar surface area (TPSA) is 86.3 Å². The van der Waals surface area contributed by atoms with E-state index in [1.165, 1.54) is 70.6 Å². The first kappa shape index (κ1) is 32.3. The molecule has 0 bridgehead atoms. The van der Waals surface area contributed by atoms with E-state index in [1.54, 1.807) is 0 Å². The summed E-state index contributed by atoms with van der Waals surface area (Å²) in [5, 5.41) is 11.5. The highest BCUT2D eigenvalue weighted by Crippen LogP contribution is 2.12. The Bertz CT molecular complexity index is 384. The van der Waals surface area contributed by atoms with Crippen LogP contribution in [0, 0.1) is 0 Å². The van der Waals surface area contributed by atoms with E-state index in [2.05, 4.69) is 12.2 Å². The summed E-state index contributed by atoms with van der Waals surface area (Å²) in [6.45, 7) is 6.73. The minimum atomic E-state index is 0.0340. The van der Waals surface area contributed by atoms with Crippen LogP contribution in [-0.4, -0.2) is 77.0 Å². The molecule has 0 heterocycles. The van der Waals surface area contributed by atoms with E-state index in [0.29, 0.717) is 65.8 Å². The van der Waals surface area contributed by atoms with E-state index >= 15 is 0 Å². The van der Waals surface area contributed by atoms with Crippen molar-refractivity contribution < 1.29 is 28.8 Å². The van der Waals surface area contributed by atoms with Gasteiger partial charge in [0.25, 0.3) is 0 Å². The maximum Gasteiger partial charge on any atom is 0.220 e. The maximum atomic E-state index is 11.8. The third-order valence-electron chi connectivity index (χ3n) is 5.43. The normalized spacial score (nSPS) is 11.2. The fraction of sp³-hybridized carbons (Fsp3) is 0.962. The smallest absolute Gasteiger partial charge is 0.220 e. The van der Waals surface area contributed by atoms with Gasteiger partial charge in [-0.1, -0.05) is 84.0 Å². The van der Waals surface area contributed by atoms with Crippen LogP contribution < -0.4 is 5.32 Å². The molecular weight excluding hydrogens is 422 g/mol. The van der Waals surface area contributed by atoms with Crippen LogP contribution in [0.1, 0.15) is 96.8 Å². The Labute approximate surface area is 203 Å². The first-order valence-electron chi connectivity index (χ1n) is 13.5. The summed E-state index contributed by atoms with van der Waals surface area (Å²) in [7, 11) is 0. The standard InChI is InChI=1S/C26H53NO6/c1-2-3-4-5-6-7-8-9-10-11-12-13-14-15-26(29)27-16-18-30-20-22-32-24-25-33-23-21-31-19-17-28/h28H,2-25H2,1H3,(H,27,29). The summed E-state index contributed by atoms with van der Waals surface area (Å²) < 4.78 is 21.3. The summed E-state index contributed by atoms with van der Waals surface area (Å²) in [6.07, 6.45) is 17.8. The predicted octanol–water partition coefficient (Wildman–Crippen LogP) is 4.64. The van der Waals surface area contributed by atoms with E-state index in [-0.39, 0.29) is 12.5 Å². The Balaban J connectivity index is 3.14. The van der Waals surface area contributed by atoms with Gasteiger partial charge in [0.1, 0.15) is 0 Å². The number of carbonyl (C=O) groups is 1. The van der Waals surface area contributed by atoms with Crippen molar-refractivity contribution in [1.29, 1.82) is 0 Å². The van der Waals surface area contributed by atoms with E-state index < -0.39 is 0 Å². The monoisotopic (exact) mass is 475 g/mol. The quantitative estimate of drug-likeness (QED) is 0.160. The molecule has 7 nitrogen and oxygen atoms in total. The Hall–Kier alpha value is -0.730. The van der Waals surface area contributed by atoms with E-state index in [1.807, 2.05) is 0 Å². The fourth-order valence-electron chi connectivity index (χ4n) is 3.48. The molecule has 33 heavy (non-hydrogen) atoms. The molecule has 0 atom stereocenters. The van der Waals surface area contributed by atoms with Crippen LogP contribution in [0.3, 0.4) is 0 Å². The lowest BCUT2D eigenvalue weighted by Gasteiger charge is -2.08. The molecule has 0 aromatic heterocycles.